The molecule has 6 nitrogen and oxygen atoms in total. The molecule has 116 valence electrons. The van der Waals surface area contributed by atoms with Crippen molar-refractivity contribution in [2.24, 2.45) is 0 Å². The molecule has 1 aliphatic rings. The monoisotopic (exact) mass is 299 g/mol. The summed E-state index contributed by atoms with van der Waals surface area (Å²) in [6, 6.07) is 0. The number of alkyl halides is 3. The van der Waals surface area contributed by atoms with E-state index in [9.17, 15) is 22.8 Å². The highest BCUT2D eigenvalue weighted by molar-refractivity contribution is 5.75. The zero-order valence-electron chi connectivity index (χ0n) is 11.2. The first-order chi connectivity index (χ1) is 8.90. The maximum Gasteiger partial charge on any atom is 0.416 e. The molecule has 1 amide bonds. The number of carbonyl (C=O) groups is 2. The smallest absolute Gasteiger partial charge is 0.416 e. The fourth-order valence-electron chi connectivity index (χ4n) is 1.55. The summed E-state index contributed by atoms with van der Waals surface area (Å²) in [5.74, 6) is -1.56. The SMILES string of the molecule is CC(C)(C)OC(=O)N1CC(C(=O)O)OC(C(F)(F)F)C1. The molecule has 0 spiro atoms. The Bertz CT molecular complexity index is 391. The van der Waals surface area contributed by atoms with E-state index in [0.29, 0.717) is 4.90 Å². The number of morpholine rings is 1. The van der Waals surface area contributed by atoms with Crippen molar-refractivity contribution < 1.29 is 37.3 Å². The maximum absolute atomic E-state index is 12.7. The molecule has 0 saturated carbocycles. The Morgan fingerprint density at radius 1 is 1.25 bits per heavy atom. The topological polar surface area (TPSA) is 76.1 Å². The highest BCUT2D eigenvalue weighted by Crippen LogP contribution is 2.28. The van der Waals surface area contributed by atoms with Crippen molar-refractivity contribution in [3.63, 3.8) is 0 Å². The van der Waals surface area contributed by atoms with Gasteiger partial charge in [0.15, 0.2) is 12.2 Å². The van der Waals surface area contributed by atoms with Crippen LogP contribution < -0.4 is 0 Å². The number of hydrogen-bond acceptors (Lipinski definition) is 4. The van der Waals surface area contributed by atoms with Gasteiger partial charge in [0.05, 0.1) is 13.1 Å². The fourth-order valence-corrected chi connectivity index (χ4v) is 1.55. The fraction of sp³-hybridized carbons (Fsp3) is 0.818. The van der Waals surface area contributed by atoms with Gasteiger partial charge < -0.3 is 19.5 Å². The Morgan fingerprint density at radius 3 is 2.20 bits per heavy atom. The Kier molecular flexibility index (Phi) is 4.52. The number of carbonyl (C=O) groups excluding carboxylic acids is 1. The third-order valence-corrected chi connectivity index (χ3v) is 2.39. The molecule has 0 radical (unpaired) electrons. The van der Waals surface area contributed by atoms with Gasteiger partial charge in [-0.3, -0.25) is 0 Å². The van der Waals surface area contributed by atoms with E-state index in [1.165, 1.54) is 0 Å². The van der Waals surface area contributed by atoms with Crippen molar-refractivity contribution in [3.05, 3.63) is 0 Å². The van der Waals surface area contributed by atoms with Gasteiger partial charge in [-0.2, -0.15) is 13.2 Å². The van der Waals surface area contributed by atoms with Crippen molar-refractivity contribution in [3.8, 4) is 0 Å². The van der Waals surface area contributed by atoms with Crippen molar-refractivity contribution in [2.75, 3.05) is 13.1 Å². The summed E-state index contributed by atoms with van der Waals surface area (Å²) in [7, 11) is 0. The number of carboxylic acid groups (broad SMARTS) is 1. The number of nitrogens with zero attached hydrogens (tertiary/aromatic N) is 1. The van der Waals surface area contributed by atoms with Gasteiger partial charge in [0.25, 0.3) is 0 Å². The van der Waals surface area contributed by atoms with E-state index in [1.54, 1.807) is 20.8 Å². The second-order valence-electron chi connectivity index (χ2n) is 5.38. The summed E-state index contributed by atoms with van der Waals surface area (Å²) in [5.41, 5.74) is -0.887. The molecule has 1 N–H and O–H groups in total. The highest BCUT2D eigenvalue weighted by atomic mass is 19.4. The largest absolute Gasteiger partial charge is 0.479 e. The molecule has 0 aliphatic carbocycles. The van der Waals surface area contributed by atoms with Gasteiger partial charge >= 0.3 is 18.2 Å². The molecule has 0 aromatic heterocycles. The van der Waals surface area contributed by atoms with Crippen molar-refractivity contribution in [2.45, 2.75) is 44.8 Å². The normalized spacial score (nSPS) is 24.4. The van der Waals surface area contributed by atoms with Crippen LogP contribution >= 0.6 is 0 Å². The second-order valence-corrected chi connectivity index (χ2v) is 5.38. The third-order valence-electron chi connectivity index (χ3n) is 2.39. The quantitative estimate of drug-likeness (QED) is 0.796. The van der Waals surface area contributed by atoms with Gasteiger partial charge in [0.2, 0.25) is 0 Å². The molecule has 2 atom stereocenters. The molecule has 0 aromatic rings. The number of hydrogen-bond donors (Lipinski definition) is 1. The summed E-state index contributed by atoms with van der Waals surface area (Å²) in [6.45, 7) is 3.39. The molecule has 2 unspecified atom stereocenters. The van der Waals surface area contributed by atoms with Crippen LogP contribution in [-0.2, 0) is 14.3 Å². The molecular weight excluding hydrogens is 283 g/mol. The average Bonchev–Trinajstić information content (AvgIpc) is 2.24. The van der Waals surface area contributed by atoms with Crippen LogP contribution in [0.2, 0.25) is 0 Å². The first kappa shape index (κ1) is 16.5. The van der Waals surface area contributed by atoms with Crippen LogP contribution in [-0.4, -0.2) is 59.1 Å². The Balaban J connectivity index is 2.85. The minimum Gasteiger partial charge on any atom is -0.479 e. The lowest BCUT2D eigenvalue weighted by Crippen LogP contribution is -2.57. The summed E-state index contributed by atoms with van der Waals surface area (Å²) in [4.78, 5) is 23.3. The lowest BCUT2D eigenvalue weighted by atomic mass is 10.2. The highest BCUT2D eigenvalue weighted by Gasteiger charge is 2.48. The third kappa shape index (κ3) is 4.55. The van der Waals surface area contributed by atoms with Crippen molar-refractivity contribution >= 4 is 12.1 Å². The summed E-state index contributed by atoms with van der Waals surface area (Å²) >= 11 is 0. The van der Waals surface area contributed by atoms with Crippen LogP contribution in [0.4, 0.5) is 18.0 Å². The summed E-state index contributed by atoms with van der Waals surface area (Å²) in [6.07, 6.45) is -9.83. The Morgan fingerprint density at radius 2 is 1.80 bits per heavy atom. The summed E-state index contributed by atoms with van der Waals surface area (Å²) < 4.78 is 47.4. The van der Waals surface area contributed by atoms with Crippen LogP contribution in [0.25, 0.3) is 0 Å². The van der Waals surface area contributed by atoms with Crippen LogP contribution in [0.1, 0.15) is 20.8 Å². The van der Waals surface area contributed by atoms with Gasteiger partial charge in [-0.15, -0.1) is 0 Å². The number of halogens is 3. The van der Waals surface area contributed by atoms with Crippen LogP contribution in [0.3, 0.4) is 0 Å². The number of amides is 1. The standard InChI is InChI=1S/C11H16F3NO5/c1-10(2,3)20-9(18)15-4-6(8(16)17)19-7(5-15)11(12,13)14/h6-7H,4-5H2,1-3H3,(H,16,17). The Hall–Kier alpha value is -1.51. The molecule has 9 heteroatoms. The predicted octanol–water partition coefficient (Wildman–Crippen LogP) is 1.64. The van der Waals surface area contributed by atoms with Gasteiger partial charge in [0.1, 0.15) is 5.60 Å². The van der Waals surface area contributed by atoms with E-state index in [-0.39, 0.29) is 0 Å². The van der Waals surface area contributed by atoms with Crippen LogP contribution in [0.15, 0.2) is 0 Å². The zero-order chi connectivity index (χ0) is 15.7. The lowest BCUT2D eigenvalue weighted by Gasteiger charge is -2.37. The summed E-state index contributed by atoms with van der Waals surface area (Å²) in [5, 5.41) is 8.78. The van der Waals surface area contributed by atoms with Gasteiger partial charge in [-0.25, -0.2) is 9.59 Å². The molecule has 1 aliphatic heterocycles. The minimum absolute atomic E-state index is 0.489. The molecule has 1 heterocycles. The number of aliphatic carboxylic acids is 1. The zero-order valence-corrected chi connectivity index (χ0v) is 11.2. The predicted molar refractivity (Wildman–Crippen MR) is 60.2 cm³/mol. The first-order valence-corrected chi connectivity index (χ1v) is 5.83. The number of carboxylic acids is 1. The first-order valence-electron chi connectivity index (χ1n) is 5.83. The molecule has 0 aromatic carbocycles. The average molecular weight is 299 g/mol. The van der Waals surface area contributed by atoms with Gasteiger partial charge in [-0.1, -0.05) is 0 Å². The van der Waals surface area contributed by atoms with E-state index in [0.717, 1.165) is 0 Å². The van der Waals surface area contributed by atoms with E-state index < -0.39 is 49.1 Å². The van der Waals surface area contributed by atoms with Crippen molar-refractivity contribution in [1.29, 1.82) is 0 Å². The number of rotatable bonds is 1. The molecule has 1 fully saturated rings. The van der Waals surface area contributed by atoms with E-state index in [4.69, 9.17) is 9.84 Å². The number of ether oxygens (including phenoxy) is 2. The molecule has 20 heavy (non-hydrogen) atoms. The maximum atomic E-state index is 12.7. The van der Waals surface area contributed by atoms with Gasteiger partial charge in [-0.05, 0) is 20.8 Å². The van der Waals surface area contributed by atoms with E-state index in [1.807, 2.05) is 0 Å². The lowest BCUT2D eigenvalue weighted by molar-refractivity contribution is -0.251. The molecular formula is C11H16F3NO5. The Labute approximate surface area is 113 Å². The van der Waals surface area contributed by atoms with E-state index >= 15 is 0 Å². The minimum atomic E-state index is -4.76. The molecule has 1 rings (SSSR count). The second kappa shape index (κ2) is 5.47. The van der Waals surface area contributed by atoms with Crippen LogP contribution in [0, 0.1) is 0 Å². The van der Waals surface area contributed by atoms with Crippen LogP contribution in [0.5, 0.6) is 0 Å². The molecule has 0 bridgehead atoms. The van der Waals surface area contributed by atoms with Gasteiger partial charge in [0, 0.05) is 0 Å². The van der Waals surface area contributed by atoms with Crippen molar-refractivity contribution in [1.82, 2.24) is 4.90 Å². The van der Waals surface area contributed by atoms with E-state index in [2.05, 4.69) is 4.74 Å². The molecule has 1 saturated heterocycles.